The molecule has 0 N–H and O–H groups in total. The molecule has 0 radical (unpaired) electrons. The van der Waals surface area contributed by atoms with E-state index in [-0.39, 0.29) is 11.7 Å². The van der Waals surface area contributed by atoms with Crippen LogP contribution in [0.3, 0.4) is 0 Å². The van der Waals surface area contributed by atoms with Crippen molar-refractivity contribution in [1.29, 1.82) is 0 Å². The van der Waals surface area contributed by atoms with Crippen molar-refractivity contribution in [3.8, 4) is 0 Å². The third kappa shape index (κ3) is 4.04. The fraction of sp³-hybridized carbons (Fsp3) is 0.188. The number of aromatic nitrogens is 1. The Bertz CT molecular complexity index is 778. The second kappa shape index (κ2) is 7.76. The molecular weight excluding hydrogens is 461 g/mol. The SMILES string of the molecule is O=C1CSC(=Nc2c(Br)cc(F)cc2Br)N1CCc1ccncc1. The molecular formula is C16H12Br2FN3OS. The van der Waals surface area contributed by atoms with Gasteiger partial charge in [0.2, 0.25) is 5.91 Å². The van der Waals surface area contributed by atoms with E-state index >= 15 is 0 Å². The minimum atomic E-state index is -0.359. The minimum Gasteiger partial charge on any atom is -0.290 e. The zero-order valence-electron chi connectivity index (χ0n) is 12.4. The van der Waals surface area contributed by atoms with Crippen LogP contribution in [-0.2, 0) is 11.2 Å². The minimum absolute atomic E-state index is 0.0298. The van der Waals surface area contributed by atoms with Crippen molar-refractivity contribution in [1.82, 2.24) is 9.88 Å². The first-order chi connectivity index (χ1) is 11.5. The third-order valence-corrected chi connectivity index (χ3v) is 5.59. The number of benzene rings is 1. The molecule has 2 aromatic rings. The summed E-state index contributed by atoms with van der Waals surface area (Å²) in [7, 11) is 0. The van der Waals surface area contributed by atoms with Crippen LogP contribution in [0.25, 0.3) is 0 Å². The summed E-state index contributed by atoms with van der Waals surface area (Å²) in [5.41, 5.74) is 1.68. The molecule has 3 rings (SSSR count). The molecule has 1 aromatic carbocycles. The quantitative estimate of drug-likeness (QED) is 0.655. The maximum atomic E-state index is 13.4. The highest BCUT2D eigenvalue weighted by Crippen LogP contribution is 2.36. The Kier molecular flexibility index (Phi) is 5.68. The normalized spacial score (nSPS) is 16.2. The maximum absolute atomic E-state index is 13.4. The van der Waals surface area contributed by atoms with Crippen LogP contribution in [0.15, 0.2) is 50.6 Å². The predicted octanol–water partition coefficient (Wildman–Crippen LogP) is 4.55. The molecule has 0 bridgehead atoms. The van der Waals surface area contributed by atoms with E-state index in [2.05, 4.69) is 41.8 Å². The standard InChI is InChI=1S/C16H12Br2FN3OS/c17-12-7-11(19)8-13(18)15(12)21-16-22(14(23)9-24-16)6-3-10-1-4-20-5-2-10/h1-2,4-5,7-8H,3,6,9H2. The highest BCUT2D eigenvalue weighted by atomic mass is 79.9. The summed E-state index contributed by atoms with van der Waals surface area (Å²) in [6.07, 6.45) is 4.19. The predicted molar refractivity (Wildman–Crippen MR) is 101 cm³/mol. The number of thioether (sulfide) groups is 1. The van der Waals surface area contributed by atoms with Crippen molar-refractivity contribution in [2.24, 2.45) is 4.99 Å². The van der Waals surface area contributed by atoms with E-state index in [1.165, 1.54) is 23.9 Å². The number of hydrogen-bond acceptors (Lipinski definition) is 4. The van der Waals surface area contributed by atoms with Gasteiger partial charge in [0.05, 0.1) is 11.4 Å². The number of amidine groups is 1. The molecule has 1 fully saturated rings. The molecule has 0 spiro atoms. The topological polar surface area (TPSA) is 45.6 Å². The number of rotatable bonds is 4. The molecule has 1 aromatic heterocycles. The van der Waals surface area contributed by atoms with E-state index in [0.717, 1.165) is 12.0 Å². The second-order valence-corrected chi connectivity index (χ2v) is 7.70. The van der Waals surface area contributed by atoms with Gasteiger partial charge in [-0.3, -0.25) is 14.7 Å². The van der Waals surface area contributed by atoms with Crippen molar-refractivity contribution >= 4 is 60.4 Å². The van der Waals surface area contributed by atoms with Gasteiger partial charge in [0.25, 0.3) is 0 Å². The van der Waals surface area contributed by atoms with Gasteiger partial charge in [-0.15, -0.1) is 0 Å². The Balaban J connectivity index is 1.83. The van der Waals surface area contributed by atoms with Crippen LogP contribution in [0.1, 0.15) is 5.56 Å². The molecule has 4 nitrogen and oxygen atoms in total. The van der Waals surface area contributed by atoms with Crippen molar-refractivity contribution in [3.63, 3.8) is 0 Å². The lowest BCUT2D eigenvalue weighted by atomic mass is 10.2. The van der Waals surface area contributed by atoms with Crippen LogP contribution >= 0.6 is 43.6 Å². The number of amides is 1. The van der Waals surface area contributed by atoms with E-state index < -0.39 is 0 Å². The molecule has 0 atom stereocenters. The summed E-state index contributed by atoms with van der Waals surface area (Å²) >= 11 is 8.03. The Morgan fingerprint density at radius 3 is 2.58 bits per heavy atom. The zero-order valence-corrected chi connectivity index (χ0v) is 16.4. The molecule has 0 saturated carbocycles. The average molecular weight is 473 g/mol. The number of hydrogen-bond donors (Lipinski definition) is 0. The fourth-order valence-corrected chi connectivity index (χ4v) is 4.45. The highest BCUT2D eigenvalue weighted by molar-refractivity contribution is 9.11. The first-order valence-electron chi connectivity index (χ1n) is 7.10. The summed E-state index contributed by atoms with van der Waals surface area (Å²) < 4.78 is 14.5. The Morgan fingerprint density at radius 2 is 1.92 bits per heavy atom. The maximum Gasteiger partial charge on any atom is 0.239 e. The number of nitrogens with zero attached hydrogens (tertiary/aromatic N) is 3. The molecule has 0 aliphatic carbocycles. The lowest BCUT2D eigenvalue weighted by Gasteiger charge is -2.16. The number of carbonyl (C=O) groups is 1. The molecule has 1 aliphatic heterocycles. The van der Waals surface area contributed by atoms with Crippen LogP contribution in [0.5, 0.6) is 0 Å². The summed E-state index contributed by atoms with van der Waals surface area (Å²) in [5, 5.41) is 0.627. The van der Waals surface area contributed by atoms with Crippen LogP contribution in [0, 0.1) is 5.82 Å². The summed E-state index contributed by atoms with van der Waals surface area (Å²) in [6.45, 7) is 0.547. The largest absolute Gasteiger partial charge is 0.290 e. The smallest absolute Gasteiger partial charge is 0.239 e. The fourth-order valence-electron chi connectivity index (χ4n) is 2.23. The van der Waals surface area contributed by atoms with Crippen LogP contribution < -0.4 is 0 Å². The van der Waals surface area contributed by atoms with E-state index in [9.17, 15) is 9.18 Å². The number of pyridine rings is 1. The Hall–Kier alpha value is -1.25. The average Bonchev–Trinajstić information content (AvgIpc) is 2.90. The van der Waals surface area contributed by atoms with Crippen molar-refractivity contribution in [2.45, 2.75) is 6.42 Å². The summed E-state index contributed by atoms with van der Waals surface area (Å²) in [6, 6.07) is 6.56. The van der Waals surface area contributed by atoms with Crippen molar-refractivity contribution in [3.05, 3.63) is 57.0 Å². The number of carbonyl (C=O) groups excluding carboxylic acids is 1. The Morgan fingerprint density at radius 1 is 1.25 bits per heavy atom. The van der Waals surface area contributed by atoms with E-state index in [0.29, 0.717) is 32.1 Å². The van der Waals surface area contributed by atoms with Gasteiger partial charge in [0, 0.05) is 27.9 Å². The molecule has 24 heavy (non-hydrogen) atoms. The molecule has 2 heterocycles. The van der Waals surface area contributed by atoms with Crippen LogP contribution in [-0.4, -0.2) is 33.3 Å². The third-order valence-electron chi connectivity index (χ3n) is 3.42. The molecule has 1 aliphatic rings. The van der Waals surface area contributed by atoms with E-state index in [4.69, 9.17) is 0 Å². The van der Waals surface area contributed by atoms with Gasteiger partial charge in [-0.25, -0.2) is 9.38 Å². The van der Waals surface area contributed by atoms with Gasteiger partial charge >= 0.3 is 0 Å². The molecule has 0 unspecified atom stereocenters. The molecule has 124 valence electrons. The van der Waals surface area contributed by atoms with Gasteiger partial charge in [-0.1, -0.05) is 11.8 Å². The number of aliphatic imine (C=N–C) groups is 1. The van der Waals surface area contributed by atoms with Gasteiger partial charge in [-0.2, -0.15) is 0 Å². The van der Waals surface area contributed by atoms with Gasteiger partial charge in [0.15, 0.2) is 5.17 Å². The van der Waals surface area contributed by atoms with Crippen LogP contribution in [0.2, 0.25) is 0 Å². The van der Waals surface area contributed by atoms with Crippen LogP contribution in [0.4, 0.5) is 10.1 Å². The molecule has 8 heteroatoms. The van der Waals surface area contributed by atoms with Gasteiger partial charge < -0.3 is 0 Å². The number of halogens is 3. The first-order valence-corrected chi connectivity index (χ1v) is 9.67. The zero-order chi connectivity index (χ0) is 17.1. The van der Waals surface area contributed by atoms with E-state index in [1.54, 1.807) is 17.3 Å². The van der Waals surface area contributed by atoms with Crippen molar-refractivity contribution in [2.75, 3.05) is 12.3 Å². The second-order valence-electron chi connectivity index (χ2n) is 5.05. The molecule has 1 amide bonds. The lowest BCUT2D eigenvalue weighted by molar-refractivity contribution is -0.124. The lowest BCUT2D eigenvalue weighted by Crippen LogP contribution is -2.31. The molecule has 1 saturated heterocycles. The van der Waals surface area contributed by atoms with E-state index in [1.807, 2.05) is 12.1 Å². The summed E-state index contributed by atoms with van der Waals surface area (Å²) in [5.74, 6) is 0.0376. The first kappa shape index (κ1) is 17.6. The Labute approximate surface area is 159 Å². The summed E-state index contributed by atoms with van der Waals surface area (Å²) in [4.78, 5) is 22.4. The van der Waals surface area contributed by atoms with Gasteiger partial charge in [0.1, 0.15) is 5.82 Å². The monoisotopic (exact) mass is 471 g/mol. The van der Waals surface area contributed by atoms with Gasteiger partial charge in [-0.05, 0) is 68.1 Å². The van der Waals surface area contributed by atoms with Crippen molar-refractivity contribution < 1.29 is 9.18 Å². The highest BCUT2D eigenvalue weighted by Gasteiger charge is 2.28.